The van der Waals surface area contributed by atoms with E-state index in [1.807, 2.05) is 38.7 Å². The molecule has 1 atom stereocenters. The van der Waals surface area contributed by atoms with E-state index in [1.54, 1.807) is 6.20 Å². The van der Waals surface area contributed by atoms with E-state index < -0.39 is 0 Å². The van der Waals surface area contributed by atoms with E-state index in [1.165, 1.54) is 11.3 Å². The fourth-order valence-corrected chi connectivity index (χ4v) is 4.35. The molecule has 0 radical (unpaired) electrons. The molecule has 0 aliphatic carbocycles. The van der Waals surface area contributed by atoms with Crippen LogP contribution in [-0.4, -0.2) is 40.0 Å². The van der Waals surface area contributed by atoms with Crippen molar-refractivity contribution in [1.29, 1.82) is 0 Å². The molecule has 3 heterocycles. The van der Waals surface area contributed by atoms with E-state index >= 15 is 0 Å². The standard InChI is InChI=1S/C19H26N4O2S/c1-11(2)17(24)21-18-16(12(3)13(4)26-18)19(25)23-9-5-6-14(10-23)15-7-8-20-22-15/h7-8,11,14H,5-6,9-10H2,1-4H3,(H,20,22)(H,21,24). The molecule has 2 aromatic heterocycles. The summed E-state index contributed by atoms with van der Waals surface area (Å²) in [6.07, 6.45) is 3.76. The number of hydrogen-bond donors (Lipinski definition) is 2. The molecule has 1 fully saturated rings. The molecule has 1 saturated heterocycles. The van der Waals surface area contributed by atoms with Crippen LogP contribution in [0.4, 0.5) is 5.00 Å². The van der Waals surface area contributed by atoms with Crippen molar-refractivity contribution in [3.8, 4) is 0 Å². The molecule has 26 heavy (non-hydrogen) atoms. The van der Waals surface area contributed by atoms with Gasteiger partial charge in [-0.05, 0) is 38.3 Å². The summed E-state index contributed by atoms with van der Waals surface area (Å²) in [4.78, 5) is 28.4. The SMILES string of the molecule is Cc1sc(NC(=O)C(C)C)c(C(=O)N2CCCC(c3ccn[nH]3)C2)c1C. The van der Waals surface area contributed by atoms with Gasteiger partial charge in [0.2, 0.25) is 5.91 Å². The third-order valence-corrected chi connectivity index (χ3v) is 6.15. The van der Waals surface area contributed by atoms with Crippen LogP contribution >= 0.6 is 11.3 Å². The maximum Gasteiger partial charge on any atom is 0.257 e. The quantitative estimate of drug-likeness (QED) is 0.856. The second-order valence-corrected chi connectivity index (χ2v) is 8.46. The molecule has 1 aliphatic heterocycles. The lowest BCUT2D eigenvalue weighted by Crippen LogP contribution is -2.39. The molecule has 0 spiro atoms. The normalized spacial score (nSPS) is 17.6. The third-order valence-electron chi connectivity index (χ3n) is 5.03. The van der Waals surface area contributed by atoms with Crippen LogP contribution in [0, 0.1) is 19.8 Å². The maximum atomic E-state index is 13.3. The molecule has 3 rings (SSSR count). The molecule has 140 valence electrons. The zero-order chi connectivity index (χ0) is 18.8. The van der Waals surface area contributed by atoms with Crippen molar-refractivity contribution in [1.82, 2.24) is 15.1 Å². The van der Waals surface area contributed by atoms with E-state index in [0.717, 1.165) is 35.5 Å². The van der Waals surface area contributed by atoms with E-state index in [9.17, 15) is 9.59 Å². The number of aromatic amines is 1. The Kier molecular flexibility index (Phi) is 5.46. The number of aromatic nitrogens is 2. The Morgan fingerprint density at radius 2 is 2.15 bits per heavy atom. The molecule has 2 aromatic rings. The first-order chi connectivity index (χ1) is 12.4. The van der Waals surface area contributed by atoms with Gasteiger partial charge in [0, 0.05) is 41.7 Å². The van der Waals surface area contributed by atoms with E-state index in [-0.39, 0.29) is 23.7 Å². The van der Waals surface area contributed by atoms with Crippen molar-refractivity contribution >= 4 is 28.2 Å². The summed E-state index contributed by atoms with van der Waals surface area (Å²) in [5.41, 5.74) is 2.68. The third kappa shape index (κ3) is 3.67. The van der Waals surface area contributed by atoms with Gasteiger partial charge in [-0.2, -0.15) is 5.10 Å². The summed E-state index contributed by atoms with van der Waals surface area (Å²) in [5.74, 6) is 0.105. The number of H-pyrrole nitrogens is 1. The Labute approximate surface area is 158 Å². The number of hydrogen-bond acceptors (Lipinski definition) is 4. The van der Waals surface area contributed by atoms with Gasteiger partial charge in [-0.3, -0.25) is 14.7 Å². The Morgan fingerprint density at radius 1 is 1.38 bits per heavy atom. The van der Waals surface area contributed by atoms with Gasteiger partial charge in [0.25, 0.3) is 5.91 Å². The number of anilines is 1. The molecular formula is C19H26N4O2S. The van der Waals surface area contributed by atoms with Crippen molar-refractivity contribution in [3.63, 3.8) is 0 Å². The summed E-state index contributed by atoms with van der Waals surface area (Å²) >= 11 is 1.48. The first kappa shape index (κ1) is 18.6. The zero-order valence-electron chi connectivity index (χ0n) is 15.8. The number of carbonyl (C=O) groups is 2. The van der Waals surface area contributed by atoms with Gasteiger partial charge in [0.15, 0.2) is 0 Å². The number of carbonyl (C=O) groups excluding carboxylic acids is 2. The lowest BCUT2D eigenvalue weighted by atomic mass is 9.94. The fraction of sp³-hybridized carbons (Fsp3) is 0.526. The monoisotopic (exact) mass is 374 g/mol. The summed E-state index contributed by atoms with van der Waals surface area (Å²) < 4.78 is 0. The van der Waals surface area contributed by atoms with Crippen molar-refractivity contribution in [2.75, 3.05) is 18.4 Å². The Bertz CT molecular complexity index is 795. The molecule has 1 aliphatic rings. The number of amides is 2. The van der Waals surface area contributed by atoms with Crippen LogP contribution in [0.3, 0.4) is 0 Å². The second kappa shape index (κ2) is 7.61. The molecule has 0 bridgehead atoms. The lowest BCUT2D eigenvalue weighted by Gasteiger charge is -2.32. The van der Waals surface area contributed by atoms with Crippen LogP contribution in [0.25, 0.3) is 0 Å². The number of rotatable bonds is 4. The smallest absolute Gasteiger partial charge is 0.257 e. The molecule has 2 N–H and O–H groups in total. The Hall–Kier alpha value is -2.15. The Morgan fingerprint density at radius 3 is 2.81 bits per heavy atom. The average Bonchev–Trinajstić information content (AvgIpc) is 3.24. The molecule has 6 nitrogen and oxygen atoms in total. The highest BCUT2D eigenvalue weighted by Gasteiger charge is 2.30. The predicted molar refractivity (Wildman–Crippen MR) is 104 cm³/mol. The zero-order valence-corrected chi connectivity index (χ0v) is 16.6. The minimum absolute atomic E-state index is 0.00937. The molecular weight excluding hydrogens is 348 g/mol. The largest absolute Gasteiger partial charge is 0.338 e. The van der Waals surface area contributed by atoms with Crippen LogP contribution in [-0.2, 0) is 4.79 Å². The number of nitrogens with one attached hydrogen (secondary N) is 2. The minimum atomic E-state index is -0.125. The second-order valence-electron chi connectivity index (χ2n) is 7.23. The topological polar surface area (TPSA) is 78.1 Å². The summed E-state index contributed by atoms with van der Waals surface area (Å²) in [5, 5.41) is 10.7. The summed E-state index contributed by atoms with van der Waals surface area (Å²) in [7, 11) is 0. The highest BCUT2D eigenvalue weighted by molar-refractivity contribution is 7.16. The van der Waals surface area contributed by atoms with Crippen molar-refractivity contribution in [3.05, 3.63) is 34.0 Å². The molecule has 0 saturated carbocycles. The first-order valence-electron chi connectivity index (χ1n) is 9.07. The van der Waals surface area contributed by atoms with Gasteiger partial charge in [-0.15, -0.1) is 11.3 Å². The number of likely N-dealkylation sites (tertiary alicyclic amines) is 1. The van der Waals surface area contributed by atoms with Crippen LogP contribution in [0.5, 0.6) is 0 Å². The van der Waals surface area contributed by atoms with Crippen molar-refractivity contribution in [2.45, 2.75) is 46.5 Å². The summed E-state index contributed by atoms with van der Waals surface area (Å²) in [6, 6.07) is 1.98. The van der Waals surface area contributed by atoms with Crippen LogP contribution in [0.2, 0.25) is 0 Å². The van der Waals surface area contributed by atoms with Gasteiger partial charge in [-0.1, -0.05) is 13.8 Å². The van der Waals surface area contributed by atoms with E-state index in [4.69, 9.17) is 0 Å². The van der Waals surface area contributed by atoms with Gasteiger partial charge in [-0.25, -0.2) is 0 Å². The lowest BCUT2D eigenvalue weighted by molar-refractivity contribution is -0.118. The molecule has 1 unspecified atom stereocenters. The van der Waals surface area contributed by atoms with E-state index in [2.05, 4.69) is 15.5 Å². The van der Waals surface area contributed by atoms with Gasteiger partial charge >= 0.3 is 0 Å². The molecule has 2 amide bonds. The molecule has 0 aromatic carbocycles. The fourth-order valence-electron chi connectivity index (χ4n) is 3.30. The van der Waals surface area contributed by atoms with Crippen LogP contribution in [0.1, 0.15) is 59.1 Å². The van der Waals surface area contributed by atoms with Crippen LogP contribution in [0.15, 0.2) is 12.3 Å². The van der Waals surface area contributed by atoms with Gasteiger partial charge < -0.3 is 10.2 Å². The van der Waals surface area contributed by atoms with Crippen molar-refractivity contribution in [2.24, 2.45) is 5.92 Å². The number of piperidine rings is 1. The van der Waals surface area contributed by atoms with Gasteiger partial charge in [0.1, 0.15) is 5.00 Å². The average molecular weight is 375 g/mol. The highest BCUT2D eigenvalue weighted by Crippen LogP contribution is 2.35. The maximum absolute atomic E-state index is 13.3. The van der Waals surface area contributed by atoms with Crippen molar-refractivity contribution < 1.29 is 9.59 Å². The minimum Gasteiger partial charge on any atom is -0.338 e. The molecule has 7 heteroatoms. The number of aryl methyl sites for hydroxylation is 1. The van der Waals surface area contributed by atoms with E-state index in [0.29, 0.717) is 17.1 Å². The highest BCUT2D eigenvalue weighted by atomic mass is 32.1. The Balaban J connectivity index is 1.83. The van der Waals surface area contributed by atoms with Gasteiger partial charge in [0.05, 0.1) is 5.56 Å². The van der Waals surface area contributed by atoms with Crippen LogP contribution < -0.4 is 5.32 Å². The number of nitrogens with zero attached hydrogens (tertiary/aromatic N) is 2. The number of thiophene rings is 1. The summed E-state index contributed by atoms with van der Waals surface area (Å²) in [6.45, 7) is 9.07. The predicted octanol–water partition coefficient (Wildman–Crippen LogP) is 3.70. The first-order valence-corrected chi connectivity index (χ1v) is 9.89.